The molecule has 0 saturated carbocycles. The third kappa shape index (κ3) is 3.50. The van der Waals surface area contributed by atoms with E-state index in [4.69, 9.17) is 0 Å². The molecule has 1 aliphatic heterocycles. The van der Waals surface area contributed by atoms with Crippen molar-refractivity contribution >= 4 is 11.8 Å². The average Bonchev–Trinajstić information content (AvgIpc) is 2.28. The summed E-state index contributed by atoms with van der Waals surface area (Å²) in [6.07, 6.45) is 5.92. The van der Waals surface area contributed by atoms with Crippen molar-refractivity contribution < 1.29 is 0 Å². The fourth-order valence-electron chi connectivity index (χ4n) is 1.84. The molecular formula is C12H18N2S. The van der Waals surface area contributed by atoms with E-state index in [1.165, 1.54) is 31.4 Å². The maximum absolute atomic E-state index is 4.36. The van der Waals surface area contributed by atoms with Gasteiger partial charge in [-0.1, -0.05) is 6.42 Å². The van der Waals surface area contributed by atoms with E-state index in [2.05, 4.69) is 23.3 Å². The van der Waals surface area contributed by atoms with Gasteiger partial charge in [-0.05, 0) is 44.0 Å². The Kier molecular flexibility index (Phi) is 4.03. The molecule has 0 amide bonds. The van der Waals surface area contributed by atoms with Gasteiger partial charge in [-0.15, -0.1) is 11.8 Å². The zero-order valence-corrected chi connectivity index (χ0v) is 10.0. The molecule has 0 radical (unpaired) electrons. The molecule has 0 unspecified atom stereocenters. The number of piperidine rings is 1. The highest BCUT2D eigenvalue weighted by atomic mass is 32.2. The number of thioether (sulfide) groups is 1. The van der Waals surface area contributed by atoms with Gasteiger partial charge < -0.3 is 5.32 Å². The lowest BCUT2D eigenvalue weighted by atomic mass is 10.1. The molecule has 1 aromatic rings. The van der Waals surface area contributed by atoms with Gasteiger partial charge in [0.2, 0.25) is 0 Å². The van der Waals surface area contributed by atoms with Crippen molar-refractivity contribution in [1.29, 1.82) is 0 Å². The molecule has 2 nitrogen and oxygen atoms in total. The first-order valence-corrected chi connectivity index (χ1v) is 6.62. The van der Waals surface area contributed by atoms with Crippen LogP contribution in [0.4, 0.5) is 0 Å². The highest BCUT2D eigenvalue weighted by Gasteiger charge is 2.12. The molecule has 0 spiro atoms. The summed E-state index contributed by atoms with van der Waals surface area (Å²) in [4.78, 5) is 4.36. The van der Waals surface area contributed by atoms with E-state index in [1.54, 1.807) is 0 Å². The molecule has 2 heterocycles. The number of rotatable bonds is 3. The number of pyridine rings is 1. The molecule has 0 bridgehead atoms. The summed E-state index contributed by atoms with van der Waals surface area (Å²) < 4.78 is 0. The third-order valence-electron chi connectivity index (χ3n) is 2.74. The molecular weight excluding hydrogens is 204 g/mol. The van der Waals surface area contributed by atoms with E-state index >= 15 is 0 Å². The highest BCUT2D eigenvalue weighted by molar-refractivity contribution is 7.99. The Bertz CT molecular complexity index is 308. The van der Waals surface area contributed by atoms with Crippen molar-refractivity contribution in [3.05, 3.63) is 23.9 Å². The second-order valence-electron chi connectivity index (χ2n) is 4.13. The minimum absolute atomic E-state index is 0.686. The summed E-state index contributed by atoms with van der Waals surface area (Å²) in [5.74, 6) is 1.15. The lowest BCUT2D eigenvalue weighted by molar-refractivity contribution is 0.430. The summed E-state index contributed by atoms with van der Waals surface area (Å²) in [7, 11) is 0. The first-order chi connectivity index (χ1) is 7.34. The van der Waals surface area contributed by atoms with Crippen LogP contribution in [0.3, 0.4) is 0 Å². The fourth-order valence-corrected chi connectivity index (χ4v) is 2.90. The smallest absolute Gasteiger partial charge is 0.0962 e. The molecule has 1 atom stereocenters. The van der Waals surface area contributed by atoms with E-state index in [9.17, 15) is 0 Å². The molecule has 1 N–H and O–H groups in total. The maximum atomic E-state index is 4.36. The average molecular weight is 222 g/mol. The summed E-state index contributed by atoms with van der Waals surface area (Å²) in [6.45, 7) is 3.30. The number of nitrogens with zero attached hydrogens (tertiary/aromatic N) is 1. The number of hydrogen-bond donors (Lipinski definition) is 1. The van der Waals surface area contributed by atoms with Crippen molar-refractivity contribution in [2.75, 3.05) is 12.3 Å². The number of aromatic nitrogens is 1. The van der Waals surface area contributed by atoms with Gasteiger partial charge in [0.1, 0.15) is 0 Å². The van der Waals surface area contributed by atoms with Gasteiger partial charge in [0, 0.05) is 18.0 Å². The zero-order chi connectivity index (χ0) is 10.5. The molecule has 0 aromatic carbocycles. The van der Waals surface area contributed by atoms with Gasteiger partial charge in [0.15, 0.2) is 0 Å². The number of aryl methyl sites for hydroxylation is 1. The second-order valence-corrected chi connectivity index (χ2v) is 5.17. The zero-order valence-electron chi connectivity index (χ0n) is 9.20. The summed E-state index contributed by atoms with van der Waals surface area (Å²) in [5.41, 5.74) is 1.30. The van der Waals surface area contributed by atoms with Crippen molar-refractivity contribution in [2.45, 2.75) is 37.3 Å². The Morgan fingerprint density at radius 1 is 1.53 bits per heavy atom. The van der Waals surface area contributed by atoms with Gasteiger partial charge in [-0.25, -0.2) is 4.98 Å². The van der Waals surface area contributed by atoms with Crippen LogP contribution in [0.2, 0.25) is 0 Å². The van der Waals surface area contributed by atoms with Crippen LogP contribution >= 0.6 is 11.8 Å². The second kappa shape index (κ2) is 5.52. The first-order valence-electron chi connectivity index (χ1n) is 5.63. The summed E-state index contributed by atoms with van der Waals surface area (Å²) in [6, 6.07) is 4.89. The highest BCUT2D eigenvalue weighted by Crippen LogP contribution is 2.19. The van der Waals surface area contributed by atoms with E-state index < -0.39 is 0 Å². The van der Waals surface area contributed by atoms with Gasteiger partial charge in [0.05, 0.1) is 5.03 Å². The molecule has 15 heavy (non-hydrogen) atoms. The Labute approximate surface area is 95.9 Å². The predicted molar refractivity (Wildman–Crippen MR) is 65.3 cm³/mol. The standard InChI is InChI=1S/C12H18N2S/c1-10-5-7-14-12(8-10)15-9-11-4-2-3-6-13-11/h5,7-8,11,13H,2-4,6,9H2,1H3/t11-/m0/s1. The van der Waals surface area contributed by atoms with Gasteiger partial charge in [0.25, 0.3) is 0 Å². The quantitative estimate of drug-likeness (QED) is 0.796. The normalized spacial score (nSPS) is 21.5. The lowest BCUT2D eigenvalue weighted by Gasteiger charge is -2.22. The van der Waals surface area contributed by atoms with E-state index in [0.717, 1.165) is 10.8 Å². The van der Waals surface area contributed by atoms with Crippen LogP contribution in [-0.4, -0.2) is 23.3 Å². The Hall–Kier alpha value is -0.540. The van der Waals surface area contributed by atoms with Gasteiger partial charge in [-0.3, -0.25) is 0 Å². The van der Waals surface area contributed by atoms with Crippen LogP contribution in [-0.2, 0) is 0 Å². The van der Waals surface area contributed by atoms with Gasteiger partial charge >= 0.3 is 0 Å². The molecule has 3 heteroatoms. The Balaban J connectivity index is 1.81. The topological polar surface area (TPSA) is 24.9 Å². The minimum Gasteiger partial charge on any atom is -0.313 e. The number of nitrogens with one attached hydrogen (secondary N) is 1. The lowest BCUT2D eigenvalue weighted by Crippen LogP contribution is -2.35. The van der Waals surface area contributed by atoms with Crippen molar-refractivity contribution in [1.82, 2.24) is 10.3 Å². The van der Waals surface area contributed by atoms with Crippen LogP contribution in [0.5, 0.6) is 0 Å². The van der Waals surface area contributed by atoms with Crippen molar-refractivity contribution in [3.63, 3.8) is 0 Å². The predicted octanol–water partition coefficient (Wildman–Crippen LogP) is 2.62. The Morgan fingerprint density at radius 2 is 2.47 bits per heavy atom. The van der Waals surface area contributed by atoms with Crippen molar-refractivity contribution in [3.8, 4) is 0 Å². The van der Waals surface area contributed by atoms with Gasteiger partial charge in [-0.2, -0.15) is 0 Å². The van der Waals surface area contributed by atoms with Crippen LogP contribution in [0.15, 0.2) is 23.4 Å². The molecule has 1 aromatic heterocycles. The summed E-state index contributed by atoms with van der Waals surface area (Å²) in [5, 5.41) is 4.71. The molecule has 1 aliphatic rings. The van der Waals surface area contributed by atoms with Crippen LogP contribution in [0, 0.1) is 6.92 Å². The molecule has 2 rings (SSSR count). The van der Waals surface area contributed by atoms with Crippen LogP contribution in [0.1, 0.15) is 24.8 Å². The molecule has 82 valence electrons. The minimum atomic E-state index is 0.686. The van der Waals surface area contributed by atoms with Crippen LogP contribution in [0.25, 0.3) is 0 Å². The third-order valence-corrected chi connectivity index (χ3v) is 3.82. The van der Waals surface area contributed by atoms with Crippen molar-refractivity contribution in [2.24, 2.45) is 0 Å². The monoisotopic (exact) mass is 222 g/mol. The summed E-state index contributed by atoms with van der Waals surface area (Å²) >= 11 is 1.87. The largest absolute Gasteiger partial charge is 0.313 e. The van der Waals surface area contributed by atoms with E-state index in [1.807, 2.05) is 24.0 Å². The SMILES string of the molecule is Cc1ccnc(SC[C@@H]2CCCCN2)c1. The van der Waals surface area contributed by atoms with Crippen LogP contribution < -0.4 is 5.32 Å². The maximum Gasteiger partial charge on any atom is 0.0962 e. The number of hydrogen-bond acceptors (Lipinski definition) is 3. The Morgan fingerprint density at radius 3 is 3.20 bits per heavy atom. The molecule has 1 fully saturated rings. The van der Waals surface area contributed by atoms with E-state index in [0.29, 0.717) is 6.04 Å². The molecule has 0 aliphatic carbocycles. The molecule has 1 saturated heterocycles. The fraction of sp³-hybridized carbons (Fsp3) is 0.583. The first kappa shape index (κ1) is 11.0. The van der Waals surface area contributed by atoms with E-state index in [-0.39, 0.29) is 0 Å².